The minimum atomic E-state index is -2.99. The van der Waals surface area contributed by atoms with Crippen LogP contribution in [0.4, 0.5) is 13.2 Å². The third-order valence-electron chi connectivity index (χ3n) is 0.719. The topological polar surface area (TPSA) is 0 Å². The Kier molecular flexibility index (Phi) is 6.23. The molecule has 0 radical (unpaired) electrons. The van der Waals surface area contributed by atoms with Crippen LogP contribution < -0.4 is 24.0 Å². The second-order valence-electron chi connectivity index (χ2n) is 2.93. The zero-order chi connectivity index (χ0) is 8.36. The van der Waals surface area contributed by atoms with E-state index in [0.717, 1.165) is 6.20 Å². The van der Waals surface area contributed by atoms with Crippen molar-refractivity contribution in [3.05, 3.63) is 12.0 Å². The molecule has 0 heterocycles. The smallest absolute Gasteiger partial charge is 0.294 e. The van der Waals surface area contributed by atoms with E-state index in [1.165, 1.54) is 0 Å². The molecule has 0 aliphatic carbocycles. The lowest BCUT2D eigenvalue weighted by molar-refractivity contribution is -0.818. The van der Waals surface area contributed by atoms with Crippen LogP contribution in [0.15, 0.2) is 12.0 Å². The van der Waals surface area contributed by atoms with Crippen molar-refractivity contribution in [3.63, 3.8) is 0 Å². The number of rotatable bonds is 2. The molecule has 11 heavy (non-hydrogen) atoms. The van der Waals surface area contributed by atoms with Gasteiger partial charge in [-0.05, 0) is 0 Å². The van der Waals surface area contributed by atoms with Gasteiger partial charge in [0.1, 0.15) is 6.20 Å². The van der Waals surface area contributed by atoms with Gasteiger partial charge in [0.15, 0.2) is 0 Å². The normalized spacial score (nSPS) is 13.2. The fourth-order valence-electron chi connectivity index (χ4n) is 0.426. The number of hydrogen-bond donors (Lipinski definition) is 0. The average Bonchev–Trinajstić information content (AvgIpc) is 1.60. The summed E-state index contributed by atoms with van der Waals surface area (Å²) in [4.78, 5) is 0. The quantitative estimate of drug-likeness (QED) is 0.439. The van der Waals surface area contributed by atoms with Crippen molar-refractivity contribution in [2.24, 2.45) is 0 Å². The average molecular weight is 281 g/mol. The van der Waals surface area contributed by atoms with Crippen LogP contribution in [0.25, 0.3) is 0 Å². The molecule has 0 amide bonds. The third kappa shape index (κ3) is 8.12. The summed E-state index contributed by atoms with van der Waals surface area (Å²) in [6.07, 6.45) is -2.12. The van der Waals surface area contributed by atoms with E-state index in [-0.39, 0.29) is 28.5 Å². The lowest BCUT2D eigenvalue weighted by Crippen LogP contribution is -3.00. The van der Waals surface area contributed by atoms with Gasteiger partial charge in [0.05, 0.1) is 21.1 Å². The van der Waals surface area contributed by atoms with Gasteiger partial charge in [-0.2, -0.15) is 4.39 Å². The molecule has 0 unspecified atom stereocenters. The van der Waals surface area contributed by atoms with E-state index in [9.17, 15) is 13.2 Å². The van der Waals surface area contributed by atoms with Gasteiger partial charge < -0.3 is 28.5 Å². The Morgan fingerprint density at radius 1 is 1.27 bits per heavy atom. The standard InChI is InChI=1S/C6H11F3N.HI/c1-10(2,3)4-5(7)6(8)9;/h4,6H,1-3H3;1H/q+1;/p-1. The number of hydrogen-bond acceptors (Lipinski definition) is 0. The Morgan fingerprint density at radius 3 is 1.73 bits per heavy atom. The molecule has 0 N–H and O–H groups in total. The SMILES string of the molecule is C[N+](C)(C)C=C(F)C(F)F.[I-]. The van der Waals surface area contributed by atoms with E-state index in [0.29, 0.717) is 0 Å². The van der Waals surface area contributed by atoms with Gasteiger partial charge in [-0.25, -0.2) is 8.78 Å². The van der Waals surface area contributed by atoms with E-state index < -0.39 is 12.3 Å². The first-order valence-electron chi connectivity index (χ1n) is 2.80. The van der Waals surface area contributed by atoms with Crippen molar-refractivity contribution in [3.8, 4) is 0 Å². The highest BCUT2D eigenvalue weighted by Crippen LogP contribution is 2.11. The van der Waals surface area contributed by atoms with Crippen LogP contribution in [0.3, 0.4) is 0 Å². The second-order valence-corrected chi connectivity index (χ2v) is 2.93. The molecule has 0 fully saturated rings. The maximum absolute atomic E-state index is 12.1. The van der Waals surface area contributed by atoms with Crippen LogP contribution in [0.5, 0.6) is 0 Å². The minimum absolute atomic E-state index is 0. The van der Waals surface area contributed by atoms with E-state index >= 15 is 0 Å². The minimum Gasteiger partial charge on any atom is -1.00 e. The molecule has 0 aromatic rings. The predicted molar refractivity (Wildman–Crippen MR) is 33.2 cm³/mol. The molecule has 0 aliphatic rings. The van der Waals surface area contributed by atoms with Crippen molar-refractivity contribution >= 4 is 0 Å². The van der Waals surface area contributed by atoms with Gasteiger partial charge in [0.2, 0.25) is 5.83 Å². The Balaban J connectivity index is 0. The van der Waals surface area contributed by atoms with E-state index in [1.807, 2.05) is 0 Å². The first-order valence-corrected chi connectivity index (χ1v) is 2.80. The molecule has 0 spiro atoms. The highest BCUT2D eigenvalue weighted by Gasteiger charge is 2.15. The highest BCUT2D eigenvalue weighted by molar-refractivity contribution is 4.88. The second kappa shape index (κ2) is 4.97. The number of allylic oxidation sites excluding steroid dienone is 1. The Hall–Kier alpha value is 0.220. The molecule has 68 valence electrons. The largest absolute Gasteiger partial charge is 1.00 e. The van der Waals surface area contributed by atoms with Crippen LogP contribution in [0, 0.1) is 0 Å². The van der Waals surface area contributed by atoms with Crippen LogP contribution in [0.2, 0.25) is 0 Å². The maximum Gasteiger partial charge on any atom is 0.294 e. The molecular weight excluding hydrogens is 270 g/mol. The summed E-state index contributed by atoms with van der Waals surface area (Å²) in [6, 6.07) is 0. The van der Waals surface area contributed by atoms with Gasteiger partial charge in [-0.3, -0.25) is 0 Å². The van der Waals surface area contributed by atoms with E-state index in [1.54, 1.807) is 21.1 Å². The van der Waals surface area contributed by atoms with Crippen molar-refractivity contribution in [1.82, 2.24) is 0 Å². The zero-order valence-electron chi connectivity index (χ0n) is 6.61. The Labute approximate surface area is 81.5 Å². The molecule has 0 aromatic heterocycles. The summed E-state index contributed by atoms with van der Waals surface area (Å²) in [7, 11) is 4.80. The molecule has 0 bridgehead atoms. The number of alkyl halides is 2. The van der Waals surface area contributed by atoms with E-state index in [4.69, 9.17) is 0 Å². The van der Waals surface area contributed by atoms with Gasteiger partial charge in [-0.1, -0.05) is 0 Å². The first kappa shape index (κ1) is 13.8. The zero-order valence-corrected chi connectivity index (χ0v) is 8.77. The fraction of sp³-hybridized carbons (Fsp3) is 0.667. The van der Waals surface area contributed by atoms with Crippen LogP contribution >= 0.6 is 0 Å². The van der Waals surface area contributed by atoms with Crippen LogP contribution in [0.1, 0.15) is 0 Å². The summed E-state index contributed by atoms with van der Waals surface area (Å²) in [5, 5.41) is 0. The number of halogens is 4. The molecule has 0 aromatic carbocycles. The Morgan fingerprint density at radius 2 is 1.64 bits per heavy atom. The molecule has 0 atom stereocenters. The molecule has 0 saturated heterocycles. The number of quaternary nitrogens is 1. The van der Waals surface area contributed by atoms with E-state index in [2.05, 4.69) is 0 Å². The lowest BCUT2D eigenvalue weighted by Gasteiger charge is -2.17. The molecule has 0 aliphatic heterocycles. The van der Waals surface area contributed by atoms with Gasteiger partial charge >= 0.3 is 0 Å². The van der Waals surface area contributed by atoms with Gasteiger partial charge in [0.25, 0.3) is 6.43 Å². The van der Waals surface area contributed by atoms with Gasteiger partial charge in [0, 0.05) is 0 Å². The highest BCUT2D eigenvalue weighted by atomic mass is 127. The van der Waals surface area contributed by atoms with Crippen LogP contribution in [-0.4, -0.2) is 32.1 Å². The lowest BCUT2D eigenvalue weighted by atomic mass is 10.5. The summed E-state index contributed by atoms with van der Waals surface area (Å²) in [6.45, 7) is 0. The summed E-state index contributed by atoms with van der Waals surface area (Å²) in [5.74, 6) is -1.37. The molecular formula is C6H11F3IN. The van der Waals surface area contributed by atoms with Crippen molar-refractivity contribution in [2.45, 2.75) is 6.43 Å². The number of nitrogens with zero attached hydrogens (tertiary/aromatic N) is 1. The fourth-order valence-corrected chi connectivity index (χ4v) is 0.426. The summed E-state index contributed by atoms with van der Waals surface area (Å²) >= 11 is 0. The Bertz CT molecular complexity index is 139. The third-order valence-corrected chi connectivity index (χ3v) is 0.719. The molecule has 0 saturated carbocycles. The molecule has 5 heteroatoms. The summed E-state index contributed by atoms with van der Waals surface area (Å²) in [5.41, 5.74) is 0. The van der Waals surface area contributed by atoms with Crippen molar-refractivity contribution in [2.75, 3.05) is 21.1 Å². The monoisotopic (exact) mass is 281 g/mol. The first-order chi connectivity index (χ1) is 4.33. The molecule has 0 rings (SSSR count). The van der Waals surface area contributed by atoms with Crippen LogP contribution in [-0.2, 0) is 0 Å². The van der Waals surface area contributed by atoms with Crippen molar-refractivity contribution in [1.29, 1.82) is 0 Å². The molecule has 1 nitrogen and oxygen atoms in total. The van der Waals surface area contributed by atoms with Crippen molar-refractivity contribution < 1.29 is 41.6 Å². The predicted octanol–water partition coefficient (Wildman–Crippen LogP) is -1.23. The maximum atomic E-state index is 12.1. The summed E-state index contributed by atoms with van der Waals surface area (Å²) < 4.78 is 35.2. The van der Waals surface area contributed by atoms with Gasteiger partial charge in [-0.15, -0.1) is 0 Å².